The van der Waals surface area contributed by atoms with E-state index in [9.17, 15) is 9.59 Å². The lowest BCUT2D eigenvalue weighted by atomic mass is 9.47. The number of fused-ring (bicyclic) bond motifs is 5. The molecule has 1 aromatic heterocycles. The highest BCUT2D eigenvalue weighted by molar-refractivity contribution is 7.12. The molecule has 0 bridgehead atoms. The van der Waals surface area contributed by atoms with Gasteiger partial charge in [-0.05, 0) is 97.6 Å². The largest absolute Gasteiger partial charge is 0.351 e. The Kier molecular flexibility index (Phi) is 5.12. The summed E-state index contributed by atoms with van der Waals surface area (Å²) >= 11 is 1.54. The zero-order valence-electron chi connectivity index (χ0n) is 19.3. The Morgan fingerprint density at radius 1 is 1.19 bits per heavy atom. The maximum absolute atomic E-state index is 12.7. The van der Waals surface area contributed by atoms with Crippen LogP contribution in [0.5, 0.6) is 0 Å². The number of carbonyl (C=O) groups excluding carboxylic acids is 2. The van der Waals surface area contributed by atoms with E-state index in [0.29, 0.717) is 23.3 Å². The number of carbonyl (C=O) groups is 2. The second kappa shape index (κ2) is 7.47. The number of hydrogen-bond donors (Lipinski definition) is 1. The van der Waals surface area contributed by atoms with Gasteiger partial charge in [-0.2, -0.15) is 0 Å². The molecule has 7 atom stereocenters. The molecule has 4 aliphatic rings. The molecule has 2 heterocycles. The third-order valence-corrected chi connectivity index (χ3v) is 10.9. The normalized spacial score (nSPS) is 41.5. The Morgan fingerprint density at radius 2 is 2.00 bits per heavy atom. The van der Waals surface area contributed by atoms with Gasteiger partial charge in [0.1, 0.15) is 0 Å². The van der Waals surface area contributed by atoms with Gasteiger partial charge in [0.25, 0.3) is 5.91 Å². The Balaban J connectivity index is 1.32. The van der Waals surface area contributed by atoms with Crippen molar-refractivity contribution in [3.05, 3.63) is 34.0 Å². The minimum absolute atomic E-state index is 0.0984. The van der Waals surface area contributed by atoms with Crippen molar-refractivity contribution >= 4 is 23.2 Å². The molecule has 1 aromatic rings. The van der Waals surface area contributed by atoms with Crippen LogP contribution in [0.25, 0.3) is 0 Å². The summed E-state index contributed by atoms with van der Waals surface area (Å²) in [7, 11) is 1.99. The lowest BCUT2D eigenvalue weighted by Gasteiger charge is -2.60. The summed E-state index contributed by atoms with van der Waals surface area (Å²) in [5.74, 6) is 2.98. The molecule has 0 aromatic carbocycles. The van der Waals surface area contributed by atoms with Crippen LogP contribution in [-0.4, -0.2) is 36.3 Å². The molecule has 2 amide bonds. The van der Waals surface area contributed by atoms with Crippen LogP contribution in [0.2, 0.25) is 0 Å². The highest BCUT2D eigenvalue weighted by Crippen LogP contribution is 2.65. The van der Waals surface area contributed by atoms with Crippen molar-refractivity contribution in [2.24, 2.45) is 34.5 Å². The number of nitrogens with zero attached hydrogens (tertiary/aromatic N) is 1. The Morgan fingerprint density at radius 3 is 2.74 bits per heavy atom. The molecule has 0 radical (unpaired) electrons. The van der Waals surface area contributed by atoms with Gasteiger partial charge in [0, 0.05) is 25.0 Å². The Hall–Kier alpha value is -1.62. The number of hydrogen-bond acceptors (Lipinski definition) is 3. The minimum Gasteiger partial charge on any atom is -0.351 e. The molecular formula is C26H36N2O2S. The van der Waals surface area contributed by atoms with Crippen LogP contribution in [0.4, 0.5) is 0 Å². The van der Waals surface area contributed by atoms with Gasteiger partial charge in [0.05, 0.1) is 4.88 Å². The lowest BCUT2D eigenvalue weighted by molar-refractivity contribution is -0.138. The number of thiophene rings is 1. The standard InChI is InChI=1S/C26H36N2O2S/c1-16-11-14-31-23(16)24(30)27-15-17-5-7-19-18-6-8-21-26(3,13-10-22(29)28(21)4)20(18)9-12-25(17,19)2/h10-11,13-14,17-21H,5-9,12,15H2,1-4H3,(H,27,30)/t17?,18-,19-,20-,21+,25+,26+/m0/s1. The van der Waals surface area contributed by atoms with Gasteiger partial charge in [-0.15, -0.1) is 11.3 Å². The maximum atomic E-state index is 12.7. The first-order valence-electron chi connectivity index (χ1n) is 12.0. The molecule has 0 spiro atoms. The third kappa shape index (κ3) is 3.13. The molecule has 3 aliphatic carbocycles. The Labute approximate surface area is 190 Å². The maximum Gasteiger partial charge on any atom is 0.261 e. The third-order valence-electron chi connectivity index (χ3n) is 9.90. The van der Waals surface area contributed by atoms with E-state index in [2.05, 4.69) is 25.2 Å². The van der Waals surface area contributed by atoms with E-state index in [0.717, 1.165) is 35.2 Å². The molecule has 0 saturated heterocycles. The number of likely N-dealkylation sites (N-methyl/N-ethyl adjacent to an activating group) is 1. The fourth-order valence-corrected chi connectivity index (χ4v) is 8.93. The van der Waals surface area contributed by atoms with Crippen LogP contribution in [0, 0.1) is 41.4 Å². The minimum atomic E-state index is 0.0984. The number of nitrogens with one attached hydrogen (secondary N) is 1. The number of rotatable bonds is 3. The van der Waals surface area contributed by atoms with Gasteiger partial charge in [0.2, 0.25) is 5.91 Å². The van der Waals surface area contributed by atoms with E-state index >= 15 is 0 Å². The van der Waals surface area contributed by atoms with E-state index < -0.39 is 0 Å². The molecule has 3 fully saturated rings. The zero-order chi connectivity index (χ0) is 22.0. The molecule has 1 N–H and O–H groups in total. The lowest BCUT2D eigenvalue weighted by Crippen LogP contribution is -2.59. The van der Waals surface area contributed by atoms with Crippen molar-refractivity contribution in [2.75, 3.05) is 13.6 Å². The van der Waals surface area contributed by atoms with Crippen LogP contribution >= 0.6 is 11.3 Å². The average Bonchev–Trinajstić information content (AvgIpc) is 3.32. The van der Waals surface area contributed by atoms with Gasteiger partial charge < -0.3 is 10.2 Å². The van der Waals surface area contributed by atoms with E-state index in [-0.39, 0.29) is 17.2 Å². The van der Waals surface area contributed by atoms with Crippen molar-refractivity contribution in [3.63, 3.8) is 0 Å². The zero-order valence-corrected chi connectivity index (χ0v) is 20.1. The van der Waals surface area contributed by atoms with E-state index in [1.165, 1.54) is 32.1 Å². The van der Waals surface area contributed by atoms with Crippen LogP contribution in [-0.2, 0) is 4.79 Å². The van der Waals surface area contributed by atoms with Gasteiger partial charge >= 0.3 is 0 Å². The van der Waals surface area contributed by atoms with Gasteiger partial charge in [-0.25, -0.2) is 0 Å². The molecule has 1 unspecified atom stereocenters. The van der Waals surface area contributed by atoms with Crippen molar-refractivity contribution < 1.29 is 9.59 Å². The predicted molar refractivity (Wildman–Crippen MR) is 125 cm³/mol. The second-order valence-corrected chi connectivity index (χ2v) is 12.0. The molecule has 5 rings (SSSR count). The highest BCUT2D eigenvalue weighted by Gasteiger charge is 2.60. The first-order chi connectivity index (χ1) is 14.8. The molecule has 4 nitrogen and oxygen atoms in total. The van der Waals surface area contributed by atoms with Gasteiger partial charge in [-0.1, -0.05) is 19.9 Å². The molecule has 3 saturated carbocycles. The van der Waals surface area contributed by atoms with Gasteiger partial charge in [-0.3, -0.25) is 9.59 Å². The summed E-state index contributed by atoms with van der Waals surface area (Å²) in [4.78, 5) is 27.8. The summed E-state index contributed by atoms with van der Waals surface area (Å²) in [6.45, 7) is 7.74. The smallest absolute Gasteiger partial charge is 0.261 e. The van der Waals surface area contributed by atoms with Crippen molar-refractivity contribution in [3.8, 4) is 0 Å². The monoisotopic (exact) mass is 440 g/mol. The summed E-state index contributed by atoms with van der Waals surface area (Å²) in [6.07, 6.45) is 11.4. The van der Waals surface area contributed by atoms with E-state index in [1.807, 2.05) is 36.4 Å². The van der Waals surface area contributed by atoms with Crippen LogP contribution in [0.3, 0.4) is 0 Å². The van der Waals surface area contributed by atoms with Crippen LogP contribution in [0.15, 0.2) is 23.6 Å². The van der Waals surface area contributed by atoms with Crippen molar-refractivity contribution in [1.82, 2.24) is 10.2 Å². The van der Waals surface area contributed by atoms with Crippen LogP contribution in [0.1, 0.15) is 67.6 Å². The highest BCUT2D eigenvalue weighted by atomic mass is 32.1. The SMILES string of the molecule is Cc1ccsc1C(=O)NCC1CC[C@H]2[C@@H]3CC[C@H]4N(C)C(=O)C=C[C@]4(C)[C@H]3CC[C@]12C. The average molecular weight is 441 g/mol. The summed E-state index contributed by atoms with van der Waals surface area (Å²) in [6, 6.07) is 2.37. The first kappa shape index (κ1) is 21.2. The number of amides is 2. The fraction of sp³-hybridized carbons (Fsp3) is 0.692. The topological polar surface area (TPSA) is 49.4 Å². The summed E-state index contributed by atoms with van der Waals surface area (Å²) in [5, 5.41) is 5.28. The molecule has 1 aliphatic heterocycles. The molecule has 31 heavy (non-hydrogen) atoms. The molecular weight excluding hydrogens is 404 g/mol. The quantitative estimate of drug-likeness (QED) is 0.716. The van der Waals surface area contributed by atoms with E-state index in [4.69, 9.17) is 0 Å². The van der Waals surface area contributed by atoms with E-state index in [1.54, 1.807) is 11.3 Å². The van der Waals surface area contributed by atoms with Gasteiger partial charge in [0.15, 0.2) is 0 Å². The van der Waals surface area contributed by atoms with Crippen LogP contribution < -0.4 is 5.32 Å². The number of aryl methyl sites for hydroxylation is 1. The Bertz CT molecular complexity index is 922. The fourth-order valence-electron chi connectivity index (χ4n) is 8.08. The second-order valence-electron chi connectivity index (χ2n) is 11.1. The van der Waals surface area contributed by atoms with Crippen molar-refractivity contribution in [1.29, 1.82) is 0 Å². The summed E-state index contributed by atoms with van der Waals surface area (Å²) in [5.41, 5.74) is 1.51. The molecule has 5 heteroatoms. The predicted octanol–water partition coefficient (Wildman–Crippen LogP) is 5.04. The van der Waals surface area contributed by atoms with Crippen molar-refractivity contribution in [2.45, 2.75) is 65.3 Å². The summed E-state index contributed by atoms with van der Waals surface area (Å²) < 4.78 is 0. The molecule has 168 valence electrons. The first-order valence-corrected chi connectivity index (χ1v) is 12.9.